The van der Waals surface area contributed by atoms with Crippen LogP contribution in [0.4, 0.5) is 0 Å². The van der Waals surface area contributed by atoms with Crippen LogP contribution >= 0.6 is 0 Å². The summed E-state index contributed by atoms with van der Waals surface area (Å²) in [4.78, 5) is 34.8. The lowest BCUT2D eigenvalue weighted by Gasteiger charge is -2.40. The van der Waals surface area contributed by atoms with Gasteiger partial charge < -0.3 is 86.8 Å². The molecule has 0 unspecified atom stereocenters. The third-order valence-electron chi connectivity index (χ3n) is 11.2. The van der Waals surface area contributed by atoms with Gasteiger partial charge in [-0.25, -0.2) is 4.79 Å². The topological polar surface area (TPSA) is 242 Å². The predicted octanol–water partition coefficient (Wildman–Crippen LogP) is 3.13. The molecule has 1 aromatic heterocycles. The Balaban J connectivity index is 0.719. The minimum absolute atomic E-state index is 0.0331. The SMILES string of the molecule is C=C(C)[C@H]1CC2=C(CC(=NOCC(=O)NCCOCCOCCOCCOCCOCCOCCOCCOCCC(=O)On3c(O)ccc3O)C3=C2O[C@@H]2COc4cc(OC)c(OC)cc4[C@@H]2C3)O1. The van der Waals surface area contributed by atoms with Gasteiger partial charge >= 0.3 is 5.97 Å². The van der Waals surface area contributed by atoms with Gasteiger partial charge in [0.1, 0.15) is 36.1 Å². The van der Waals surface area contributed by atoms with E-state index in [0.29, 0.717) is 147 Å². The number of nitrogens with one attached hydrogen (secondary N) is 1. The second-order valence-corrected chi connectivity index (χ2v) is 16.2. The van der Waals surface area contributed by atoms with Gasteiger partial charge in [-0.2, -0.15) is 0 Å². The Bertz CT molecular complexity index is 2080. The molecule has 22 heteroatoms. The number of rotatable bonds is 34. The zero-order valence-corrected chi connectivity index (χ0v) is 40.2. The van der Waals surface area contributed by atoms with E-state index in [4.69, 9.17) is 71.3 Å². The lowest BCUT2D eigenvalue weighted by atomic mass is 9.78. The molecular formula is C48H67N3O19. The average molecular weight is 990 g/mol. The maximum Gasteiger partial charge on any atom is 0.335 e. The van der Waals surface area contributed by atoms with Crippen LogP contribution in [0.1, 0.15) is 44.1 Å². The fourth-order valence-corrected chi connectivity index (χ4v) is 7.67. The number of nitrogens with zero attached hydrogens (tertiary/aromatic N) is 2. The molecule has 1 amide bonds. The molecule has 0 spiro atoms. The highest BCUT2D eigenvalue weighted by atomic mass is 16.7. The Kier molecular flexibility index (Phi) is 22.2. The molecule has 388 valence electrons. The van der Waals surface area contributed by atoms with E-state index in [9.17, 15) is 19.8 Å². The van der Waals surface area contributed by atoms with Crippen LogP contribution in [0, 0.1) is 0 Å². The third-order valence-corrected chi connectivity index (χ3v) is 11.2. The second-order valence-electron chi connectivity index (χ2n) is 16.2. The Morgan fingerprint density at radius 3 is 1.84 bits per heavy atom. The van der Waals surface area contributed by atoms with Crippen LogP contribution in [-0.2, 0) is 61.8 Å². The molecule has 3 N–H and O–H groups in total. The lowest BCUT2D eigenvalue weighted by Crippen LogP contribution is -2.39. The normalized spacial score (nSPS) is 18.5. The van der Waals surface area contributed by atoms with Crippen LogP contribution in [0.2, 0.25) is 0 Å². The van der Waals surface area contributed by atoms with Gasteiger partial charge in [-0.15, -0.1) is 4.73 Å². The molecular weight excluding hydrogens is 923 g/mol. The van der Waals surface area contributed by atoms with Crippen molar-refractivity contribution in [1.82, 2.24) is 10.0 Å². The van der Waals surface area contributed by atoms with E-state index < -0.39 is 5.97 Å². The number of allylic oxidation sites excluding steroid dienone is 3. The summed E-state index contributed by atoms with van der Waals surface area (Å²) >= 11 is 0. The van der Waals surface area contributed by atoms with Crippen molar-refractivity contribution in [2.75, 3.05) is 140 Å². The maximum absolute atomic E-state index is 12.6. The molecule has 6 rings (SSSR count). The van der Waals surface area contributed by atoms with Crippen LogP contribution < -0.4 is 24.4 Å². The van der Waals surface area contributed by atoms with Crippen LogP contribution in [0.15, 0.2) is 64.2 Å². The molecule has 2 aromatic rings. The van der Waals surface area contributed by atoms with E-state index in [1.807, 2.05) is 19.1 Å². The lowest BCUT2D eigenvalue weighted by molar-refractivity contribution is -0.146. The summed E-state index contributed by atoms with van der Waals surface area (Å²) in [6.07, 6.45) is 1.25. The van der Waals surface area contributed by atoms with Gasteiger partial charge in [-0.3, -0.25) is 4.79 Å². The Morgan fingerprint density at radius 2 is 1.29 bits per heavy atom. The van der Waals surface area contributed by atoms with E-state index in [-0.39, 0.29) is 62.0 Å². The molecule has 22 nitrogen and oxygen atoms in total. The highest BCUT2D eigenvalue weighted by Crippen LogP contribution is 2.51. The minimum Gasteiger partial charge on any atom is -0.493 e. The molecule has 0 saturated heterocycles. The molecule has 0 bridgehead atoms. The third kappa shape index (κ3) is 16.2. The molecule has 0 fully saturated rings. The summed E-state index contributed by atoms with van der Waals surface area (Å²) in [5.41, 5.74) is 4.47. The summed E-state index contributed by atoms with van der Waals surface area (Å²) < 4.78 is 74.7. The molecule has 1 aromatic carbocycles. The number of ether oxygens (including phenoxy) is 13. The molecule has 3 aliphatic heterocycles. The Morgan fingerprint density at radius 1 is 0.743 bits per heavy atom. The number of hydrogen-bond donors (Lipinski definition) is 3. The van der Waals surface area contributed by atoms with Crippen LogP contribution in [0.3, 0.4) is 0 Å². The van der Waals surface area contributed by atoms with Crippen LogP contribution in [0.5, 0.6) is 29.0 Å². The monoisotopic (exact) mass is 989 g/mol. The molecule has 1 aliphatic carbocycles. The number of oxime groups is 1. The summed E-state index contributed by atoms with van der Waals surface area (Å²) in [6.45, 7) is 12.4. The van der Waals surface area contributed by atoms with Crippen molar-refractivity contribution < 1.29 is 91.1 Å². The summed E-state index contributed by atoms with van der Waals surface area (Å²) in [5, 5.41) is 26.2. The van der Waals surface area contributed by atoms with E-state index >= 15 is 0 Å². The maximum atomic E-state index is 12.6. The summed E-state index contributed by atoms with van der Waals surface area (Å²) in [5.74, 6) is 1.64. The smallest absolute Gasteiger partial charge is 0.335 e. The van der Waals surface area contributed by atoms with E-state index in [2.05, 4.69) is 17.1 Å². The molecule has 0 saturated carbocycles. The standard InChI is InChI=1S/C48H67N3O19/c1-32(2)38-27-36-40(68-38)28-37(35-25-33-34-26-41(56-3)42(57-4)29-39(34)66-30-43(33)69-48(35)36)50-67-31-44(52)49-8-10-59-12-14-61-16-18-63-20-22-65-24-23-64-21-19-62-17-15-60-13-11-58-9-7-47(55)70-51-45(53)5-6-46(51)54/h5-6,26,29,33,38,43,53-54H,1,7-25,27-28,30-31H2,2-4H3,(H,49,52)/t33-,38+,43+/m0/s1. The molecule has 0 radical (unpaired) electrons. The van der Waals surface area contributed by atoms with Crippen molar-refractivity contribution in [2.45, 2.75) is 50.7 Å². The first-order valence-electron chi connectivity index (χ1n) is 23.4. The van der Waals surface area contributed by atoms with Crippen molar-refractivity contribution in [1.29, 1.82) is 0 Å². The van der Waals surface area contributed by atoms with Gasteiger partial charge in [0.15, 0.2) is 18.1 Å². The second kappa shape index (κ2) is 28.9. The molecule has 3 atom stereocenters. The predicted molar refractivity (Wildman–Crippen MR) is 247 cm³/mol. The Labute approximate surface area is 407 Å². The largest absolute Gasteiger partial charge is 0.493 e. The van der Waals surface area contributed by atoms with Crippen molar-refractivity contribution in [3.8, 4) is 29.0 Å². The van der Waals surface area contributed by atoms with E-state index in [0.717, 1.165) is 39.6 Å². The van der Waals surface area contributed by atoms with Gasteiger partial charge in [-0.05, 0) is 25.0 Å². The number of benzene rings is 1. The van der Waals surface area contributed by atoms with Crippen LogP contribution in [-0.4, -0.2) is 184 Å². The first-order valence-corrected chi connectivity index (χ1v) is 23.4. The number of fused-ring (bicyclic) bond motifs is 4. The fourth-order valence-electron chi connectivity index (χ4n) is 7.67. The number of amides is 1. The zero-order valence-electron chi connectivity index (χ0n) is 40.2. The van der Waals surface area contributed by atoms with Gasteiger partial charge in [0.05, 0.1) is 138 Å². The number of aromatic nitrogens is 1. The summed E-state index contributed by atoms with van der Waals surface area (Å²) in [7, 11) is 3.20. The number of methoxy groups -OCH3 is 2. The van der Waals surface area contributed by atoms with Crippen molar-refractivity contribution in [2.24, 2.45) is 5.16 Å². The fraction of sp³-hybridized carbons (Fsp3) is 0.604. The van der Waals surface area contributed by atoms with Gasteiger partial charge in [0.2, 0.25) is 11.8 Å². The van der Waals surface area contributed by atoms with Crippen molar-refractivity contribution in [3.05, 3.63) is 64.6 Å². The number of aromatic hydroxyl groups is 2. The zero-order chi connectivity index (χ0) is 49.5. The molecule has 70 heavy (non-hydrogen) atoms. The molecule has 4 aliphatic rings. The van der Waals surface area contributed by atoms with Gasteiger partial charge in [0, 0.05) is 53.8 Å². The van der Waals surface area contributed by atoms with Crippen molar-refractivity contribution >= 4 is 17.6 Å². The number of carbonyl (C=O) groups is 2. The van der Waals surface area contributed by atoms with Gasteiger partial charge in [0.25, 0.3) is 5.91 Å². The van der Waals surface area contributed by atoms with Crippen LogP contribution in [0.25, 0.3) is 0 Å². The highest BCUT2D eigenvalue weighted by molar-refractivity contribution is 6.04. The van der Waals surface area contributed by atoms with Crippen molar-refractivity contribution in [3.63, 3.8) is 0 Å². The average Bonchev–Trinajstić information content (AvgIpc) is 3.94. The van der Waals surface area contributed by atoms with E-state index in [1.54, 1.807) is 14.2 Å². The van der Waals surface area contributed by atoms with E-state index in [1.165, 1.54) is 12.1 Å². The quantitative estimate of drug-likeness (QED) is 0.0518. The van der Waals surface area contributed by atoms with Gasteiger partial charge in [-0.1, -0.05) is 11.7 Å². The summed E-state index contributed by atoms with van der Waals surface area (Å²) in [6, 6.07) is 6.19. The molecule has 4 heterocycles. The number of hydrogen-bond acceptors (Lipinski definition) is 20. The first-order chi connectivity index (χ1) is 34.2. The Hall–Kier alpha value is -5.59. The highest BCUT2D eigenvalue weighted by Gasteiger charge is 2.45. The minimum atomic E-state index is -0.669. The number of carbonyl (C=O) groups excluding carboxylic acids is 2. The first kappa shape index (κ1) is 53.8.